The van der Waals surface area contributed by atoms with E-state index in [1.807, 2.05) is 11.9 Å². The van der Waals surface area contributed by atoms with Crippen LogP contribution >= 0.6 is 0 Å². The van der Waals surface area contributed by atoms with E-state index in [0.29, 0.717) is 11.8 Å². The lowest BCUT2D eigenvalue weighted by Gasteiger charge is -2.36. The number of nitrogens with zero attached hydrogens (tertiary/aromatic N) is 1. The van der Waals surface area contributed by atoms with Crippen molar-refractivity contribution >= 4 is 5.91 Å². The van der Waals surface area contributed by atoms with Crippen molar-refractivity contribution in [1.82, 2.24) is 4.90 Å². The Morgan fingerprint density at radius 1 is 1.20 bits per heavy atom. The number of hydrogen-bond donors (Lipinski definition) is 0. The lowest BCUT2D eigenvalue weighted by Crippen LogP contribution is -2.46. The highest BCUT2D eigenvalue weighted by atomic mass is 16.2. The second-order valence-corrected chi connectivity index (χ2v) is 5.47. The van der Waals surface area contributed by atoms with Crippen LogP contribution < -0.4 is 0 Å². The van der Waals surface area contributed by atoms with Crippen molar-refractivity contribution < 1.29 is 4.79 Å². The molecule has 0 aliphatic rings. The maximum Gasteiger partial charge on any atom is 0.226 e. The van der Waals surface area contributed by atoms with Gasteiger partial charge in [-0.25, -0.2) is 0 Å². The maximum atomic E-state index is 12.2. The van der Waals surface area contributed by atoms with E-state index in [9.17, 15) is 4.79 Å². The molecule has 0 N–H and O–H groups in total. The average molecular weight is 213 g/mol. The molecular formula is C13H27NO. The Labute approximate surface area is 95.0 Å². The van der Waals surface area contributed by atoms with Crippen molar-refractivity contribution in [2.45, 2.75) is 59.9 Å². The standard InChI is InChI=1S/C13H27NO/c1-8-10(3)11(9-2)12(15)14(7)13(4,5)6/h10-11H,8-9H2,1-7H3/t10?,11-/m0/s1. The van der Waals surface area contributed by atoms with Gasteiger partial charge in [-0.3, -0.25) is 4.79 Å². The van der Waals surface area contributed by atoms with Gasteiger partial charge >= 0.3 is 0 Å². The third kappa shape index (κ3) is 3.84. The van der Waals surface area contributed by atoms with Crippen LogP contribution in [0.25, 0.3) is 0 Å². The largest absolute Gasteiger partial charge is 0.341 e. The first-order chi connectivity index (χ1) is 6.75. The van der Waals surface area contributed by atoms with Gasteiger partial charge in [-0.05, 0) is 33.1 Å². The minimum Gasteiger partial charge on any atom is -0.341 e. The number of carbonyl (C=O) groups excluding carboxylic acids is 1. The third-order valence-electron chi connectivity index (χ3n) is 3.42. The van der Waals surface area contributed by atoms with Gasteiger partial charge in [0, 0.05) is 18.5 Å². The number of rotatable bonds is 4. The molecule has 0 rings (SSSR count). The zero-order valence-electron chi connectivity index (χ0n) is 11.4. The lowest BCUT2D eigenvalue weighted by atomic mass is 9.87. The molecule has 0 aliphatic carbocycles. The van der Waals surface area contributed by atoms with Gasteiger partial charge in [-0.1, -0.05) is 27.2 Å². The highest BCUT2D eigenvalue weighted by Crippen LogP contribution is 2.24. The summed E-state index contributed by atoms with van der Waals surface area (Å²) in [4.78, 5) is 14.1. The molecule has 1 unspecified atom stereocenters. The van der Waals surface area contributed by atoms with Gasteiger partial charge in [0.25, 0.3) is 0 Å². The summed E-state index contributed by atoms with van der Waals surface area (Å²) in [5, 5.41) is 0. The van der Waals surface area contributed by atoms with E-state index in [0.717, 1.165) is 12.8 Å². The van der Waals surface area contributed by atoms with Gasteiger partial charge in [0.15, 0.2) is 0 Å². The summed E-state index contributed by atoms with van der Waals surface area (Å²) in [6, 6.07) is 0. The van der Waals surface area contributed by atoms with Crippen molar-refractivity contribution in [1.29, 1.82) is 0 Å². The molecular weight excluding hydrogens is 186 g/mol. The fourth-order valence-corrected chi connectivity index (χ4v) is 1.68. The van der Waals surface area contributed by atoms with Gasteiger partial charge in [-0.15, -0.1) is 0 Å². The van der Waals surface area contributed by atoms with E-state index in [2.05, 4.69) is 41.5 Å². The predicted octanol–water partition coefficient (Wildman–Crippen LogP) is 3.32. The van der Waals surface area contributed by atoms with Crippen molar-refractivity contribution in [2.75, 3.05) is 7.05 Å². The minimum absolute atomic E-state index is 0.0715. The van der Waals surface area contributed by atoms with Crippen LogP contribution in [0.3, 0.4) is 0 Å². The maximum absolute atomic E-state index is 12.2. The molecule has 2 nitrogen and oxygen atoms in total. The Morgan fingerprint density at radius 2 is 1.67 bits per heavy atom. The van der Waals surface area contributed by atoms with Gasteiger partial charge in [-0.2, -0.15) is 0 Å². The summed E-state index contributed by atoms with van der Waals surface area (Å²) in [5.41, 5.74) is -0.0715. The van der Waals surface area contributed by atoms with Crippen molar-refractivity contribution in [3.05, 3.63) is 0 Å². The van der Waals surface area contributed by atoms with Crippen LogP contribution in [0.1, 0.15) is 54.4 Å². The molecule has 0 fully saturated rings. The summed E-state index contributed by atoms with van der Waals surface area (Å²) in [6.45, 7) is 12.7. The van der Waals surface area contributed by atoms with Crippen LogP contribution in [0.5, 0.6) is 0 Å². The summed E-state index contributed by atoms with van der Waals surface area (Å²) < 4.78 is 0. The molecule has 90 valence electrons. The fraction of sp³-hybridized carbons (Fsp3) is 0.923. The van der Waals surface area contributed by atoms with Crippen molar-refractivity contribution in [3.63, 3.8) is 0 Å². The zero-order valence-corrected chi connectivity index (χ0v) is 11.4. The molecule has 0 saturated heterocycles. The molecule has 0 bridgehead atoms. The Hall–Kier alpha value is -0.530. The first-order valence-electron chi connectivity index (χ1n) is 6.03. The van der Waals surface area contributed by atoms with E-state index < -0.39 is 0 Å². The number of amides is 1. The average Bonchev–Trinajstić information content (AvgIpc) is 2.15. The Bertz CT molecular complexity index is 205. The van der Waals surface area contributed by atoms with Crippen molar-refractivity contribution in [3.8, 4) is 0 Å². The van der Waals surface area contributed by atoms with Crippen molar-refractivity contribution in [2.24, 2.45) is 11.8 Å². The quantitative estimate of drug-likeness (QED) is 0.701. The number of carbonyl (C=O) groups is 1. The van der Waals surface area contributed by atoms with Crippen LogP contribution in [0.4, 0.5) is 0 Å². The highest BCUT2D eigenvalue weighted by molar-refractivity contribution is 5.79. The molecule has 0 aromatic rings. The molecule has 0 aliphatic heterocycles. The van der Waals surface area contributed by atoms with E-state index >= 15 is 0 Å². The second kappa shape index (κ2) is 5.53. The Balaban J connectivity index is 4.66. The molecule has 0 aromatic carbocycles. The molecule has 0 heterocycles. The fourth-order valence-electron chi connectivity index (χ4n) is 1.68. The summed E-state index contributed by atoms with van der Waals surface area (Å²) in [6.07, 6.45) is 2.01. The first-order valence-corrected chi connectivity index (χ1v) is 6.03. The summed E-state index contributed by atoms with van der Waals surface area (Å²) in [5.74, 6) is 0.950. The van der Waals surface area contributed by atoms with Gasteiger partial charge in [0.1, 0.15) is 0 Å². The molecule has 0 radical (unpaired) electrons. The first kappa shape index (κ1) is 14.5. The van der Waals surface area contributed by atoms with Gasteiger partial charge < -0.3 is 4.90 Å². The lowest BCUT2D eigenvalue weighted by molar-refractivity contribution is -0.140. The monoisotopic (exact) mass is 213 g/mol. The molecule has 0 aromatic heterocycles. The molecule has 1 amide bonds. The van der Waals surface area contributed by atoms with Crippen LogP contribution in [-0.2, 0) is 4.79 Å². The van der Waals surface area contributed by atoms with E-state index in [1.165, 1.54) is 0 Å². The SMILES string of the molecule is CCC(C)[C@H](CC)C(=O)N(C)C(C)(C)C. The van der Waals surface area contributed by atoms with E-state index in [-0.39, 0.29) is 11.5 Å². The van der Waals surface area contributed by atoms with Gasteiger partial charge in [0.05, 0.1) is 0 Å². The predicted molar refractivity (Wildman–Crippen MR) is 65.8 cm³/mol. The normalized spacial score (nSPS) is 15.9. The summed E-state index contributed by atoms with van der Waals surface area (Å²) in [7, 11) is 1.91. The third-order valence-corrected chi connectivity index (χ3v) is 3.42. The molecule has 0 spiro atoms. The Kier molecular flexibility index (Phi) is 5.33. The zero-order chi connectivity index (χ0) is 12.2. The van der Waals surface area contributed by atoms with Crippen LogP contribution in [-0.4, -0.2) is 23.4 Å². The smallest absolute Gasteiger partial charge is 0.226 e. The van der Waals surface area contributed by atoms with Crippen LogP contribution in [0, 0.1) is 11.8 Å². The van der Waals surface area contributed by atoms with Crippen LogP contribution in [0.15, 0.2) is 0 Å². The van der Waals surface area contributed by atoms with Crippen LogP contribution in [0.2, 0.25) is 0 Å². The minimum atomic E-state index is -0.0715. The van der Waals surface area contributed by atoms with E-state index in [1.54, 1.807) is 0 Å². The second-order valence-electron chi connectivity index (χ2n) is 5.47. The highest BCUT2D eigenvalue weighted by Gasteiger charge is 2.30. The topological polar surface area (TPSA) is 20.3 Å². The van der Waals surface area contributed by atoms with E-state index in [4.69, 9.17) is 0 Å². The Morgan fingerprint density at radius 3 is 1.93 bits per heavy atom. The molecule has 2 heteroatoms. The molecule has 0 saturated carbocycles. The number of hydrogen-bond acceptors (Lipinski definition) is 1. The molecule has 2 atom stereocenters. The molecule has 15 heavy (non-hydrogen) atoms. The van der Waals surface area contributed by atoms with Gasteiger partial charge in [0.2, 0.25) is 5.91 Å². The summed E-state index contributed by atoms with van der Waals surface area (Å²) >= 11 is 0.